The predicted octanol–water partition coefficient (Wildman–Crippen LogP) is 1.13. The maximum atomic E-state index is 11.7. The van der Waals surface area contributed by atoms with Crippen molar-refractivity contribution in [2.45, 2.75) is 39.3 Å². The van der Waals surface area contributed by atoms with E-state index >= 15 is 0 Å². The molecule has 0 saturated carbocycles. The van der Waals surface area contributed by atoms with Crippen molar-refractivity contribution in [3.8, 4) is 0 Å². The van der Waals surface area contributed by atoms with Gasteiger partial charge in [0.2, 0.25) is 5.91 Å². The second kappa shape index (κ2) is 11.7. The lowest BCUT2D eigenvalue weighted by atomic mass is 10.1. The molecule has 1 rings (SSSR count). The van der Waals surface area contributed by atoms with E-state index < -0.39 is 5.54 Å². The number of likely N-dealkylation sites (N-methyl/N-ethyl adjacent to an activating group) is 1. The van der Waals surface area contributed by atoms with Crippen LogP contribution in [0, 0.1) is 0 Å². The lowest BCUT2D eigenvalue weighted by molar-refractivity contribution is -0.125. The average molecular weight is 366 g/mol. The minimum absolute atomic E-state index is 0. The highest BCUT2D eigenvalue weighted by atomic mass is 35.5. The van der Waals surface area contributed by atoms with Crippen LogP contribution in [0.25, 0.3) is 0 Å². The quantitative estimate of drug-likeness (QED) is 0.767. The zero-order valence-electron chi connectivity index (χ0n) is 13.4. The fraction of sp³-hybridized carbons (Fsp3) is 0.923. The standard InChI is InChI=1S/C13H28N4O.3ClH/c1-5-16-6-8-17(9-7-16)11(2)10-15-12(18)13(3,4)14;;;/h11H,5-10,14H2,1-4H3,(H,15,18);3*1H. The molecule has 0 aromatic rings. The largest absolute Gasteiger partial charge is 0.353 e. The van der Waals surface area contributed by atoms with Gasteiger partial charge in [0.15, 0.2) is 0 Å². The van der Waals surface area contributed by atoms with Crippen molar-refractivity contribution in [2.24, 2.45) is 5.73 Å². The van der Waals surface area contributed by atoms with Gasteiger partial charge in [-0.05, 0) is 27.3 Å². The molecule has 1 atom stereocenters. The number of nitrogens with zero attached hydrogens (tertiary/aromatic N) is 2. The van der Waals surface area contributed by atoms with E-state index in [-0.39, 0.29) is 43.1 Å². The molecule has 3 N–H and O–H groups in total. The first-order valence-corrected chi connectivity index (χ1v) is 6.88. The molecular weight excluding hydrogens is 335 g/mol. The molecule has 5 nitrogen and oxygen atoms in total. The normalized spacial score (nSPS) is 17.8. The van der Waals surface area contributed by atoms with Gasteiger partial charge in [-0.1, -0.05) is 6.92 Å². The fourth-order valence-corrected chi connectivity index (χ4v) is 2.12. The number of carbonyl (C=O) groups is 1. The maximum Gasteiger partial charge on any atom is 0.239 e. The van der Waals surface area contributed by atoms with Crippen LogP contribution in [0.3, 0.4) is 0 Å². The van der Waals surface area contributed by atoms with Gasteiger partial charge < -0.3 is 16.0 Å². The van der Waals surface area contributed by atoms with Crippen molar-refractivity contribution in [1.82, 2.24) is 15.1 Å². The number of carbonyl (C=O) groups excluding carboxylic acids is 1. The van der Waals surface area contributed by atoms with E-state index in [1.807, 2.05) is 0 Å². The van der Waals surface area contributed by atoms with E-state index in [2.05, 4.69) is 29.0 Å². The first-order valence-electron chi connectivity index (χ1n) is 6.88. The van der Waals surface area contributed by atoms with E-state index in [0.29, 0.717) is 12.6 Å². The smallest absolute Gasteiger partial charge is 0.239 e. The summed E-state index contributed by atoms with van der Waals surface area (Å²) in [7, 11) is 0. The Hall–Kier alpha value is 0.220. The Bertz CT molecular complexity index is 279. The van der Waals surface area contributed by atoms with Crippen LogP contribution in [-0.4, -0.2) is 66.6 Å². The van der Waals surface area contributed by atoms with Crippen LogP contribution in [0.2, 0.25) is 0 Å². The highest BCUT2D eigenvalue weighted by molar-refractivity contribution is 5.86. The number of nitrogens with one attached hydrogen (secondary N) is 1. The molecule has 21 heavy (non-hydrogen) atoms. The minimum atomic E-state index is -0.791. The van der Waals surface area contributed by atoms with Crippen molar-refractivity contribution in [3.05, 3.63) is 0 Å². The summed E-state index contributed by atoms with van der Waals surface area (Å²) in [6.45, 7) is 14.0. The summed E-state index contributed by atoms with van der Waals surface area (Å²) in [6.07, 6.45) is 0. The molecule has 0 aromatic carbocycles. The average Bonchev–Trinajstić information content (AvgIpc) is 2.34. The van der Waals surface area contributed by atoms with Gasteiger partial charge in [0.1, 0.15) is 0 Å². The minimum Gasteiger partial charge on any atom is -0.353 e. The number of amides is 1. The van der Waals surface area contributed by atoms with E-state index in [4.69, 9.17) is 5.73 Å². The Balaban J connectivity index is -0.00000108. The molecule has 8 heteroatoms. The monoisotopic (exact) mass is 364 g/mol. The van der Waals surface area contributed by atoms with Crippen molar-refractivity contribution >= 4 is 43.1 Å². The molecule has 0 aliphatic carbocycles. The number of rotatable bonds is 5. The van der Waals surface area contributed by atoms with Gasteiger partial charge in [-0.3, -0.25) is 9.69 Å². The van der Waals surface area contributed by atoms with Crippen LogP contribution in [0.15, 0.2) is 0 Å². The second-order valence-electron chi connectivity index (χ2n) is 5.75. The van der Waals surface area contributed by atoms with Gasteiger partial charge in [-0.15, -0.1) is 37.2 Å². The van der Waals surface area contributed by atoms with E-state index in [1.165, 1.54) is 0 Å². The van der Waals surface area contributed by atoms with E-state index in [9.17, 15) is 4.79 Å². The van der Waals surface area contributed by atoms with Gasteiger partial charge in [-0.25, -0.2) is 0 Å². The fourth-order valence-electron chi connectivity index (χ4n) is 2.12. The summed E-state index contributed by atoms with van der Waals surface area (Å²) in [5.74, 6) is -0.0819. The number of piperazine rings is 1. The third-order valence-corrected chi connectivity index (χ3v) is 3.62. The molecule has 1 heterocycles. The Kier molecular flexibility index (Phi) is 14.6. The van der Waals surface area contributed by atoms with Crippen LogP contribution in [0.1, 0.15) is 27.7 Å². The van der Waals surface area contributed by atoms with Crippen LogP contribution in [0.4, 0.5) is 0 Å². The molecule has 0 aromatic heterocycles. The topological polar surface area (TPSA) is 61.6 Å². The number of halogens is 3. The third-order valence-electron chi connectivity index (χ3n) is 3.62. The van der Waals surface area contributed by atoms with Gasteiger partial charge in [0.25, 0.3) is 0 Å². The van der Waals surface area contributed by atoms with Crippen molar-refractivity contribution < 1.29 is 4.79 Å². The molecule has 0 radical (unpaired) electrons. The zero-order valence-corrected chi connectivity index (χ0v) is 15.9. The number of hydrogen-bond acceptors (Lipinski definition) is 4. The first kappa shape index (κ1) is 26.1. The van der Waals surface area contributed by atoms with Crippen LogP contribution < -0.4 is 11.1 Å². The second-order valence-corrected chi connectivity index (χ2v) is 5.75. The van der Waals surface area contributed by atoms with E-state index in [0.717, 1.165) is 32.7 Å². The third kappa shape index (κ3) is 9.06. The van der Waals surface area contributed by atoms with Gasteiger partial charge in [-0.2, -0.15) is 0 Å². The molecule has 1 aliphatic heterocycles. The summed E-state index contributed by atoms with van der Waals surface area (Å²) < 4.78 is 0. The van der Waals surface area contributed by atoms with Gasteiger partial charge in [0, 0.05) is 38.8 Å². The number of nitrogens with two attached hydrogens (primary N) is 1. The summed E-state index contributed by atoms with van der Waals surface area (Å²) in [6, 6.07) is 0.371. The predicted molar refractivity (Wildman–Crippen MR) is 96.2 cm³/mol. The van der Waals surface area contributed by atoms with Gasteiger partial charge >= 0.3 is 0 Å². The molecular formula is C13H31Cl3N4O. The van der Waals surface area contributed by atoms with Crippen molar-refractivity contribution in [2.75, 3.05) is 39.3 Å². The molecule has 1 unspecified atom stereocenters. The molecule has 0 bridgehead atoms. The Morgan fingerprint density at radius 3 is 2.05 bits per heavy atom. The Morgan fingerprint density at radius 1 is 1.19 bits per heavy atom. The Morgan fingerprint density at radius 2 is 1.67 bits per heavy atom. The lowest BCUT2D eigenvalue weighted by Gasteiger charge is -2.37. The summed E-state index contributed by atoms with van der Waals surface area (Å²) in [4.78, 5) is 16.6. The number of hydrogen-bond donors (Lipinski definition) is 2. The summed E-state index contributed by atoms with van der Waals surface area (Å²) in [5, 5.41) is 2.93. The first-order chi connectivity index (χ1) is 8.34. The zero-order chi connectivity index (χ0) is 13.8. The van der Waals surface area contributed by atoms with Gasteiger partial charge in [0.05, 0.1) is 5.54 Å². The maximum absolute atomic E-state index is 11.7. The van der Waals surface area contributed by atoms with Crippen LogP contribution >= 0.6 is 37.2 Å². The summed E-state index contributed by atoms with van der Waals surface area (Å²) in [5.41, 5.74) is 4.96. The summed E-state index contributed by atoms with van der Waals surface area (Å²) >= 11 is 0. The molecule has 1 fully saturated rings. The Labute approximate surface area is 147 Å². The molecule has 1 amide bonds. The SMILES string of the molecule is CCN1CCN(C(C)CNC(=O)C(C)(C)N)CC1.Cl.Cl.Cl. The highest BCUT2D eigenvalue weighted by Gasteiger charge is 2.24. The molecule has 0 spiro atoms. The molecule has 130 valence electrons. The lowest BCUT2D eigenvalue weighted by Crippen LogP contribution is -2.55. The van der Waals surface area contributed by atoms with Crippen LogP contribution in [-0.2, 0) is 4.79 Å². The highest BCUT2D eigenvalue weighted by Crippen LogP contribution is 2.06. The van der Waals surface area contributed by atoms with Crippen molar-refractivity contribution in [3.63, 3.8) is 0 Å². The molecule has 1 saturated heterocycles. The van der Waals surface area contributed by atoms with E-state index in [1.54, 1.807) is 13.8 Å². The molecule has 1 aliphatic rings. The van der Waals surface area contributed by atoms with Crippen LogP contribution in [0.5, 0.6) is 0 Å². The van der Waals surface area contributed by atoms with Crippen molar-refractivity contribution in [1.29, 1.82) is 0 Å².